The summed E-state index contributed by atoms with van der Waals surface area (Å²) in [5.41, 5.74) is -1.37. The first-order valence-corrected chi connectivity index (χ1v) is 4.29. The highest BCUT2D eigenvalue weighted by Gasteiger charge is 2.55. The number of aromatic amines is 1. The molecule has 0 fully saturated rings. The van der Waals surface area contributed by atoms with Crippen molar-refractivity contribution < 1.29 is 13.2 Å². The van der Waals surface area contributed by atoms with Crippen molar-refractivity contribution >= 4 is 0 Å². The topological polar surface area (TPSA) is 40.7 Å². The highest BCUT2D eigenvalue weighted by Crippen LogP contribution is 2.40. The molecule has 14 heavy (non-hydrogen) atoms. The Kier molecular flexibility index (Phi) is 1.85. The Bertz CT molecular complexity index is 344. The SMILES string of the molecule is CC1(C(F)(F)F)NCCc2[nH]cnc21. The van der Waals surface area contributed by atoms with Gasteiger partial charge in [-0.3, -0.25) is 5.32 Å². The molecule has 1 aliphatic rings. The fraction of sp³-hybridized carbons (Fsp3) is 0.625. The van der Waals surface area contributed by atoms with E-state index in [-0.39, 0.29) is 5.69 Å². The first-order valence-electron chi connectivity index (χ1n) is 4.29. The van der Waals surface area contributed by atoms with Gasteiger partial charge in [-0.1, -0.05) is 0 Å². The first kappa shape index (κ1) is 9.51. The van der Waals surface area contributed by atoms with Crippen molar-refractivity contribution in [2.75, 3.05) is 6.54 Å². The predicted octanol–water partition coefficient (Wildman–Crippen LogP) is 1.33. The van der Waals surface area contributed by atoms with Crippen LogP contribution in [0, 0.1) is 0 Å². The van der Waals surface area contributed by atoms with Gasteiger partial charge in [-0.2, -0.15) is 13.2 Å². The van der Waals surface area contributed by atoms with Gasteiger partial charge in [0.15, 0.2) is 5.54 Å². The second kappa shape index (κ2) is 2.73. The van der Waals surface area contributed by atoms with Crippen molar-refractivity contribution in [3.8, 4) is 0 Å². The summed E-state index contributed by atoms with van der Waals surface area (Å²) in [6.07, 6.45) is -2.46. The smallest absolute Gasteiger partial charge is 0.348 e. The van der Waals surface area contributed by atoms with Crippen molar-refractivity contribution in [3.05, 3.63) is 17.7 Å². The molecule has 2 N–H and O–H groups in total. The maximum Gasteiger partial charge on any atom is 0.412 e. The van der Waals surface area contributed by atoms with Crippen LogP contribution in [-0.2, 0) is 12.0 Å². The molecule has 1 atom stereocenters. The van der Waals surface area contributed by atoms with E-state index in [1.165, 1.54) is 6.33 Å². The average molecular weight is 205 g/mol. The average Bonchev–Trinajstić information content (AvgIpc) is 2.51. The molecule has 0 aliphatic carbocycles. The minimum Gasteiger partial charge on any atom is -0.348 e. The molecule has 0 saturated heterocycles. The quantitative estimate of drug-likeness (QED) is 0.670. The molecule has 0 aromatic carbocycles. The van der Waals surface area contributed by atoms with Crippen molar-refractivity contribution in [1.82, 2.24) is 15.3 Å². The standard InChI is InChI=1S/C8H10F3N3/c1-7(8(9,10)11)6-5(2-3-14-7)12-4-13-6/h4,14H,2-3H2,1H3,(H,12,13). The third kappa shape index (κ3) is 1.13. The zero-order valence-corrected chi connectivity index (χ0v) is 7.57. The van der Waals surface area contributed by atoms with Gasteiger partial charge in [-0.15, -0.1) is 0 Å². The number of hydrogen-bond acceptors (Lipinski definition) is 2. The summed E-state index contributed by atoms with van der Waals surface area (Å²) in [7, 11) is 0. The van der Waals surface area contributed by atoms with Gasteiger partial charge in [0.1, 0.15) is 0 Å². The van der Waals surface area contributed by atoms with Crippen LogP contribution in [-0.4, -0.2) is 22.7 Å². The van der Waals surface area contributed by atoms with E-state index in [1.807, 2.05) is 0 Å². The van der Waals surface area contributed by atoms with Crippen LogP contribution in [0.15, 0.2) is 6.33 Å². The Morgan fingerprint density at radius 2 is 2.21 bits per heavy atom. The molecule has 0 spiro atoms. The van der Waals surface area contributed by atoms with E-state index >= 15 is 0 Å². The Labute approximate surface area is 78.7 Å². The molecule has 1 aromatic heterocycles. The number of alkyl halides is 3. The largest absolute Gasteiger partial charge is 0.412 e. The number of hydrogen-bond donors (Lipinski definition) is 2. The number of imidazole rings is 1. The molecule has 2 rings (SSSR count). The molecule has 0 radical (unpaired) electrons. The highest BCUT2D eigenvalue weighted by molar-refractivity contribution is 5.26. The third-order valence-corrected chi connectivity index (χ3v) is 2.61. The molecule has 6 heteroatoms. The first-order chi connectivity index (χ1) is 6.45. The summed E-state index contributed by atoms with van der Waals surface area (Å²) < 4.78 is 38.3. The number of nitrogens with one attached hydrogen (secondary N) is 2. The van der Waals surface area contributed by atoms with Crippen LogP contribution in [0.3, 0.4) is 0 Å². The highest BCUT2D eigenvalue weighted by atomic mass is 19.4. The number of aromatic nitrogens is 2. The van der Waals surface area contributed by atoms with E-state index in [2.05, 4.69) is 15.3 Å². The molecule has 1 aromatic rings. The van der Waals surface area contributed by atoms with Crippen LogP contribution in [0.5, 0.6) is 0 Å². The molecule has 1 aliphatic heterocycles. The number of nitrogens with zero attached hydrogens (tertiary/aromatic N) is 1. The molecule has 0 amide bonds. The zero-order valence-electron chi connectivity index (χ0n) is 7.57. The number of rotatable bonds is 0. The Morgan fingerprint density at radius 1 is 1.50 bits per heavy atom. The Morgan fingerprint density at radius 3 is 2.86 bits per heavy atom. The molecule has 3 nitrogen and oxygen atoms in total. The van der Waals surface area contributed by atoms with Crippen LogP contribution in [0.1, 0.15) is 18.3 Å². The van der Waals surface area contributed by atoms with Crippen LogP contribution in [0.4, 0.5) is 13.2 Å². The monoisotopic (exact) mass is 205 g/mol. The summed E-state index contributed by atoms with van der Waals surface area (Å²) in [6.45, 7) is 1.43. The van der Waals surface area contributed by atoms with E-state index in [0.717, 1.165) is 6.92 Å². The van der Waals surface area contributed by atoms with Crippen LogP contribution in [0.25, 0.3) is 0 Å². The van der Waals surface area contributed by atoms with E-state index in [4.69, 9.17) is 0 Å². The lowest BCUT2D eigenvalue weighted by molar-refractivity contribution is -0.198. The van der Waals surface area contributed by atoms with Crippen LogP contribution in [0.2, 0.25) is 0 Å². The molecular formula is C8H10F3N3. The van der Waals surface area contributed by atoms with Crippen LogP contribution < -0.4 is 5.32 Å². The van der Waals surface area contributed by atoms with Gasteiger partial charge in [0.05, 0.1) is 12.0 Å². The molecule has 78 valence electrons. The van der Waals surface area contributed by atoms with Crippen molar-refractivity contribution in [1.29, 1.82) is 0 Å². The molecular weight excluding hydrogens is 195 g/mol. The lowest BCUT2D eigenvalue weighted by Gasteiger charge is -2.35. The zero-order chi connectivity index (χ0) is 10.4. The minimum atomic E-state index is -4.32. The summed E-state index contributed by atoms with van der Waals surface area (Å²) in [5.74, 6) is 0. The number of H-pyrrole nitrogens is 1. The minimum absolute atomic E-state index is 0.0660. The van der Waals surface area contributed by atoms with Gasteiger partial charge >= 0.3 is 6.18 Å². The summed E-state index contributed by atoms with van der Waals surface area (Å²) in [6, 6.07) is 0. The van der Waals surface area contributed by atoms with Gasteiger partial charge in [-0.25, -0.2) is 4.98 Å². The van der Waals surface area contributed by atoms with E-state index in [1.54, 1.807) is 0 Å². The fourth-order valence-electron chi connectivity index (χ4n) is 1.70. The van der Waals surface area contributed by atoms with E-state index in [9.17, 15) is 13.2 Å². The molecule has 0 saturated carbocycles. The second-order valence-corrected chi connectivity index (χ2v) is 3.53. The normalized spacial score (nSPS) is 27.4. The summed E-state index contributed by atoms with van der Waals surface area (Å²) in [4.78, 5) is 6.47. The maximum absolute atomic E-state index is 12.8. The van der Waals surface area contributed by atoms with Gasteiger partial charge < -0.3 is 4.98 Å². The lowest BCUT2D eigenvalue weighted by Crippen LogP contribution is -2.55. The van der Waals surface area contributed by atoms with Crippen molar-refractivity contribution in [2.24, 2.45) is 0 Å². The van der Waals surface area contributed by atoms with Crippen molar-refractivity contribution in [3.63, 3.8) is 0 Å². The van der Waals surface area contributed by atoms with Gasteiger partial charge in [0.2, 0.25) is 0 Å². The summed E-state index contributed by atoms with van der Waals surface area (Å²) in [5, 5.41) is 2.47. The number of halogens is 3. The van der Waals surface area contributed by atoms with E-state index in [0.29, 0.717) is 18.7 Å². The van der Waals surface area contributed by atoms with Crippen molar-refractivity contribution in [2.45, 2.75) is 25.1 Å². The third-order valence-electron chi connectivity index (χ3n) is 2.61. The fourth-order valence-corrected chi connectivity index (χ4v) is 1.70. The Hall–Kier alpha value is -1.04. The van der Waals surface area contributed by atoms with Gasteiger partial charge in [-0.05, 0) is 6.92 Å². The molecule has 1 unspecified atom stereocenters. The maximum atomic E-state index is 12.8. The van der Waals surface area contributed by atoms with E-state index < -0.39 is 11.7 Å². The second-order valence-electron chi connectivity index (χ2n) is 3.53. The summed E-state index contributed by atoms with van der Waals surface area (Å²) >= 11 is 0. The van der Waals surface area contributed by atoms with Gasteiger partial charge in [0.25, 0.3) is 0 Å². The van der Waals surface area contributed by atoms with Crippen LogP contribution >= 0.6 is 0 Å². The lowest BCUT2D eigenvalue weighted by atomic mass is 9.91. The predicted molar refractivity (Wildman–Crippen MR) is 43.7 cm³/mol. The molecule has 2 heterocycles. The number of fused-ring (bicyclic) bond motifs is 1. The van der Waals surface area contributed by atoms with Gasteiger partial charge in [0, 0.05) is 18.7 Å². The molecule has 0 bridgehead atoms. The Balaban J connectivity index is 2.50.